The van der Waals surface area contributed by atoms with E-state index in [0.29, 0.717) is 0 Å². The van der Waals surface area contributed by atoms with Gasteiger partial charge in [-0.05, 0) is 6.92 Å². The average molecular weight is 246 g/mol. The van der Waals surface area contributed by atoms with Gasteiger partial charge in [-0.15, -0.1) is 11.6 Å². The minimum absolute atomic E-state index is 0.284. The van der Waals surface area contributed by atoms with Crippen molar-refractivity contribution >= 4 is 23.3 Å². The predicted octanol–water partition coefficient (Wildman–Crippen LogP) is 1.50. The van der Waals surface area contributed by atoms with Crippen LogP contribution in [0, 0.1) is 5.92 Å². The lowest BCUT2D eigenvalue weighted by atomic mass is 9.99. The highest BCUT2D eigenvalue weighted by atomic mass is 35.5. The van der Waals surface area contributed by atoms with E-state index in [-0.39, 0.29) is 5.88 Å². The molecule has 1 amide bonds. The van der Waals surface area contributed by atoms with E-state index >= 15 is 0 Å². The van der Waals surface area contributed by atoms with Crippen LogP contribution < -0.4 is 5.32 Å². The van der Waals surface area contributed by atoms with E-state index in [2.05, 4.69) is 0 Å². The summed E-state index contributed by atoms with van der Waals surface area (Å²) in [5.74, 6) is -3.49. The van der Waals surface area contributed by atoms with Crippen LogP contribution >= 0.6 is 11.6 Å². The van der Waals surface area contributed by atoms with Crippen molar-refractivity contribution < 1.29 is 22.8 Å². The zero-order valence-electron chi connectivity index (χ0n) is 8.19. The molecular formula is C8H11ClF3NO2. The average Bonchev–Trinajstić information content (AvgIpc) is 2.13. The summed E-state index contributed by atoms with van der Waals surface area (Å²) >= 11 is 5.23. The van der Waals surface area contributed by atoms with Crippen LogP contribution in [0.3, 0.4) is 0 Å². The van der Waals surface area contributed by atoms with Crippen LogP contribution in [0.2, 0.25) is 0 Å². The van der Waals surface area contributed by atoms with Crippen LogP contribution in [-0.2, 0) is 9.59 Å². The van der Waals surface area contributed by atoms with E-state index in [1.807, 2.05) is 0 Å². The molecule has 7 heteroatoms. The Kier molecular flexibility index (Phi) is 5.07. The van der Waals surface area contributed by atoms with Crippen LogP contribution in [-0.4, -0.2) is 29.8 Å². The summed E-state index contributed by atoms with van der Waals surface area (Å²) in [5.41, 5.74) is 0. The van der Waals surface area contributed by atoms with Gasteiger partial charge in [0, 0.05) is 12.0 Å². The Morgan fingerprint density at radius 1 is 1.33 bits per heavy atom. The molecule has 0 aliphatic rings. The molecule has 88 valence electrons. The number of rotatable bonds is 4. The number of nitrogens with one attached hydrogen (secondary N) is 1. The molecule has 3 nitrogen and oxygen atoms in total. The molecule has 15 heavy (non-hydrogen) atoms. The number of halogens is 4. The highest BCUT2D eigenvalue weighted by molar-refractivity contribution is 6.27. The topological polar surface area (TPSA) is 46.2 Å². The summed E-state index contributed by atoms with van der Waals surface area (Å²) in [7, 11) is 0. The van der Waals surface area contributed by atoms with E-state index in [4.69, 9.17) is 11.6 Å². The molecule has 0 aromatic rings. The van der Waals surface area contributed by atoms with Crippen molar-refractivity contribution in [2.24, 2.45) is 5.92 Å². The minimum atomic E-state index is -4.93. The first-order valence-electron chi connectivity index (χ1n) is 4.16. The lowest BCUT2D eigenvalue weighted by molar-refractivity contribution is -0.174. The Hall–Kier alpha value is -0.780. The first kappa shape index (κ1) is 14.2. The predicted molar refractivity (Wildman–Crippen MR) is 48.6 cm³/mol. The fourth-order valence-corrected chi connectivity index (χ4v) is 1.06. The molecule has 0 saturated heterocycles. The smallest absolute Gasteiger partial charge is 0.345 e. The molecular weight excluding hydrogens is 235 g/mol. The monoisotopic (exact) mass is 245 g/mol. The molecule has 0 radical (unpaired) electrons. The first-order valence-corrected chi connectivity index (χ1v) is 4.70. The number of hydrogen-bond acceptors (Lipinski definition) is 2. The fraction of sp³-hybridized carbons (Fsp3) is 0.750. The van der Waals surface area contributed by atoms with Crippen molar-refractivity contribution in [1.29, 1.82) is 0 Å². The third-order valence-electron chi connectivity index (χ3n) is 2.01. The Balaban J connectivity index is 4.31. The summed E-state index contributed by atoms with van der Waals surface area (Å²) in [5, 5.41) is 1.69. The van der Waals surface area contributed by atoms with Gasteiger partial charge in [-0.25, -0.2) is 0 Å². The van der Waals surface area contributed by atoms with Gasteiger partial charge in [-0.2, -0.15) is 13.2 Å². The largest absolute Gasteiger partial charge is 0.471 e. The second-order valence-corrected chi connectivity index (χ2v) is 3.42. The number of amides is 1. The third kappa shape index (κ3) is 4.51. The Labute approximate surface area is 90.0 Å². The fourth-order valence-electron chi connectivity index (χ4n) is 0.814. The van der Waals surface area contributed by atoms with Crippen molar-refractivity contribution in [3.8, 4) is 0 Å². The van der Waals surface area contributed by atoms with Crippen molar-refractivity contribution in [1.82, 2.24) is 5.32 Å². The molecule has 0 bridgehead atoms. The van der Waals surface area contributed by atoms with Gasteiger partial charge in [-0.1, -0.05) is 6.92 Å². The van der Waals surface area contributed by atoms with Crippen molar-refractivity contribution in [2.75, 3.05) is 5.88 Å². The second-order valence-electron chi connectivity index (χ2n) is 3.15. The summed E-state index contributed by atoms with van der Waals surface area (Å²) in [4.78, 5) is 21.5. The molecule has 0 fully saturated rings. The van der Waals surface area contributed by atoms with Gasteiger partial charge in [0.1, 0.15) is 0 Å². The minimum Gasteiger partial charge on any atom is -0.345 e. The highest BCUT2D eigenvalue weighted by Crippen LogP contribution is 2.15. The van der Waals surface area contributed by atoms with E-state index in [1.54, 1.807) is 5.32 Å². The van der Waals surface area contributed by atoms with Crippen molar-refractivity contribution in [3.05, 3.63) is 0 Å². The molecule has 0 heterocycles. The van der Waals surface area contributed by atoms with Crippen molar-refractivity contribution in [2.45, 2.75) is 26.1 Å². The normalized spacial score (nSPS) is 15.6. The molecule has 1 N–H and O–H groups in total. The number of carbonyl (C=O) groups excluding carboxylic acids is 2. The number of ketones is 1. The Morgan fingerprint density at radius 3 is 2.13 bits per heavy atom. The van der Waals surface area contributed by atoms with Gasteiger partial charge < -0.3 is 5.32 Å². The lowest BCUT2D eigenvalue weighted by Gasteiger charge is -2.20. The Morgan fingerprint density at radius 2 is 1.80 bits per heavy atom. The van der Waals surface area contributed by atoms with E-state index in [9.17, 15) is 22.8 Å². The van der Waals surface area contributed by atoms with Crippen molar-refractivity contribution in [3.63, 3.8) is 0 Å². The standard InChI is InChI=1S/C8H11ClF3NO2/c1-4(6(14)3-9)5(2)13-7(15)8(10,11)12/h4-5H,3H2,1-2H3,(H,13,15). The molecule has 0 aromatic heterocycles. The second kappa shape index (κ2) is 5.34. The maximum absolute atomic E-state index is 11.8. The van der Waals surface area contributed by atoms with Crippen LogP contribution in [0.4, 0.5) is 13.2 Å². The molecule has 0 aromatic carbocycles. The van der Waals surface area contributed by atoms with Crippen LogP contribution in [0.1, 0.15) is 13.8 Å². The number of alkyl halides is 4. The first-order chi connectivity index (χ1) is 6.70. The van der Waals surface area contributed by atoms with Gasteiger partial charge in [-0.3, -0.25) is 9.59 Å². The maximum atomic E-state index is 11.8. The molecule has 0 spiro atoms. The summed E-state index contributed by atoms with van der Waals surface area (Å²) in [6.45, 7) is 2.73. The third-order valence-corrected chi connectivity index (χ3v) is 2.27. The van der Waals surface area contributed by atoms with Crippen LogP contribution in [0.25, 0.3) is 0 Å². The van der Waals surface area contributed by atoms with E-state index in [1.165, 1.54) is 13.8 Å². The zero-order valence-corrected chi connectivity index (χ0v) is 8.95. The number of carbonyl (C=O) groups is 2. The molecule has 2 unspecified atom stereocenters. The van der Waals surface area contributed by atoms with Gasteiger partial charge in [0.25, 0.3) is 0 Å². The Bertz CT molecular complexity index is 255. The summed E-state index contributed by atoms with van der Waals surface area (Å²) in [6.07, 6.45) is -4.93. The molecule has 0 aliphatic carbocycles. The molecule has 0 saturated carbocycles. The summed E-state index contributed by atoms with van der Waals surface area (Å²) < 4.78 is 35.5. The number of Topliss-reactive ketones (excluding diaryl/α,β-unsaturated/α-hetero) is 1. The van der Waals surface area contributed by atoms with Gasteiger partial charge in [0.2, 0.25) is 0 Å². The van der Waals surface area contributed by atoms with Gasteiger partial charge >= 0.3 is 12.1 Å². The SMILES string of the molecule is CC(NC(=O)C(F)(F)F)C(C)C(=O)CCl. The van der Waals surface area contributed by atoms with Gasteiger partial charge in [0.05, 0.1) is 5.88 Å². The van der Waals surface area contributed by atoms with E-state index in [0.717, 1.165) is 0 Å². The van der Waals surface area contributed by atoms with Crippen LogP contribution in [0.15, 0.2) is 0 Å². The zero-order chi connectivity index (χ0) is 12.2. The summed E-state index contributed by atoms with van der Waals surface area (Å²) in [6, 6.07) is -0.898. The molecule has 0 rings (SSSR count). The maximum Gasteiger partial charge on any atom is 0.471 e. The van der Waals surface area contributed by atoms with Gasteiger partial charge in [0.15, 0.2) is 5.78 Å². The number of hydrogen-bond donors (Lipinski definition) is 1. The quantitative estimate of drug-likeness (QED) is 0.763. The molecule has 0 aliphatic heterocycles. The molecule has 2 atom stereocenters. The highest BCUT2D eigenvalue weighted by Gasteiger charge is 2.40. The van der Waals surface area contributed by atoms with Crippen LogP contribution in [0.5, 0.6) is 0 Å². The lowest BCUT2D eigenvalue weighted by Crippen LogP contribution is -2.46. The van der Waals surface area contributed by atoms with E-state index < -0.39 is 29.8 Å².